The van der Waals surface area contributed by atoms with E-state index in [1.165, 1.54) is 5.56 Å². The molecule has 0 bridgehead atoms. The first-order valence-corrected chi connectivity index (χ1v) is 9.43. The molecule has 1 aliphatic rings. The van der Waals surface area contributed by atoms with Crippen molar-refractivity contribution in [2.45, 2.75) is 31.3 Å². The number of primary amides is 1. The number of nitrogens with zero attached hydrogens (tertiary/aromatic N) is 1. The van der Waals surface area contributed by atoms with Crippen LogP contribution >= 0.6 is 11.3 Å². The Bertz CT molecular complexity index is 961. The third-order valence-electron chi connectivity index (χ3n) is 4.85. The number of aliphatic imine (C=N–C) groups is 1. The molecule has 6 nitrogen and oxygen atoms in total. The summed E-state index contributed by atoms with van der Waals surface area (Å²) in [6.07, 6.45) is 3.83. The van der Waals surface area contributed by atoms with Crippen LogP contribution in [0.3, 0.4) is 0 Å². The van der Waals surface area contributed by atoms with Crippen molar-refractivity contribution in [1.82, 2.24) is 4.98 Å². The van der Waals surface area contributed by atoms with E-state index < -0.39 is 6.09 Å². The Hall–Kier alpha value is -2.80. The van der Waals surface area contributed by atoms with E-state index in [0.29, 0.717) is 11.8 Å². The quantitative estimate of drug-likeness (QED) is 0.478. The number of hydrogen-bond acceptors (Lipinski definition) is 4. The van der Waals surface area contributed by atoms with Crippen molar-refractivity contribution in [3.05, 3.63) is 53.0 Å². The van der Waals surface area contributed by atoms with Crippen molar-refractivity contribution in [3.8, 4) is 0 Å². The lowest BCUT2D eigenvalue weighted by Crippen LogP contribution is -2.20. The predicted octanol–water partition coefficient (Wildman–Crippen LogP) is 4.00. The van der Waals surface area contributed by atoms with Crippen molar-refractivity contribution in [2.24, 2.45) is 16.5 Å². The summed E-state index contributed by atoms with van der Waals surface area (Å²) >= 11 is 1.55. The smallest absolute Gasteiger partial charge is 0.404 e. The van der Waals surface area contributed by atoms with Gasteiger partial charge < -0.3 is 21.2 Å². The first kappa shape index (κ1) is 16.7. The summed E-state index contributed by atoms with van der Waals surface area (Å²) in [6.45, 7) is 0. The molecule has 0 radical (unpaired) electrons. The van der Waals surface area contributed by atoms with Gasteiger partial charge in [0, 0.05) is 22.7 Å². The molecular formula is C19H20N4O2S. The summed E-state index contributed by atoms with van der Waals surface area (Å²) < 4.78 is 5.16. The summed E-state index contributed by atoms with van der Waals surface area (Å²) in [4.78, 5) is 18.8. The molecule has 0 spiro atoms. The number of carbonyl (C=O) groups excluding carboxylic acids is 1. The molecule has 3 aromatic rings. The molecular weight excluding hydrogens is 348 g/mol. The molecule has 1 aliphatic carbocycles. The number of H-pyrrole nitrogens is 1. The molecule has 2 aromatic heterocycles. The van der Waals surface area contributed by atoms with E-state index in [1.807, 2.05) is 35.8 Å². The molecule has 134 valence electrons. The van der Waals surface area contributed by atoms with Crippen LogP contribution in [0, 0.1) is 0 Å². The van der Waals surface area contributed by atoms with Gasteiger partial charge in [-0.15, -0.1) is 11.3 Å². The molecule has 4 rings (SSSR count). The summed E-state index contributed by atoms with van der Waals surface area (Å²) in [5.74, 6) is 0.835. The van der Waals surface area contributed by atoms with Crippen molar-refractivity contribution in [3.63, 3.8) is 0 Å². The van der Waals surface area contributed by atoms with E-state index in [9.17, 15) is 4.79 Å². The number of amidine groups is 1. The number of amides is 1. The lowest BCUT2D eigenvalue weighted by molar-refractivity contribution is 0.109. The molecule has 26 heavy (non-hydrogen) atoms. The zero-order valence-electron chi connectivity index (χ0n) is 14.1. The number of nitrogens with one attached hydrogen (secondary N) is 1. The van der Waals surface area contributed by atoms with E-state index in [1.54, 1.807) is 11.3 Å². The van der Waals surface area contributed by atoms with Crippen LogP contribution in [0.5, 0.6) is 0 Å². The predicted molar refractivity (Wildman–Crippen MR) is 104 cm³/mol. The third-order valence-corrected chi connectivity index (χ3v) is 5.62. The molecule has 7 heteroatoms. The lowest BCUT2D eigenvalue weighted by Gasteiger charge is -2.11. The Labute approximate surface area is 154 Å². The number of carbonyl (C=O) groups is 1. The van der Waals surface area contributed by atoms with Crippen molar-refractivity contribution < 1.29 is 9.53 Å². The van der Waals surface area contributed by atoms with Gasteiger partial charge in [0.05, 0.1) is 0 Å². The van der Waals surface area contributed by atoms with Gasteiger partial charge in [0.15, 0.2) is 0 Å². The number of hydrogen-bond donors (Lipinski definition) is 3. The SMILES string of the molecule is NC(=O)OC1CCC(c2c[nH]c3ccc(C(N)=Nc4cccs4)cc23)C1. The van der Waals surface area contributed by atoms with Crippen LogP contribution in [0.25, 0.3) is 10.9 Å². The normalized spacial score (nSPS) is 20.5. The number of nitrogens with two attached hydrogens (primary N) is 2. The second-order valence-electron chi connectivity index (χ2n) is 6.52. The molecule has 1 aromatic carbocycles. The van der Waals surface area contributed by atoms with Crippen molar-refractivity contribution >= 4 is 39.2 Å². The summed E-state index contributed by atoms with van der Waals surface area (Å²) in [5.41, 5.74) is 14.5. The highest BCUT2D eigenvalue weighted by molar-refractivity contribution is 7.13. The molecule has 2 heterocycles. The lowest BCUT2D eigenvalue weighted by atomic mass is 9.96. The average Bonchev–Trinajstić information content (AvgIpc) is 3.33. The molecule has 1 fully saturated rings. The zero-order valence-corrected chi connectivity index (χ0v) is 15.0. The maximum atomic E-state index is 11.0. The molecule has 2 unspecified atom stereocenters. The fraction of sp³-hybridized carbons (Fsp3) is 0.263. The number of aromatic amines is 1. The van der Waals surface area contributed by atoms with E-state index in [-0.39, 0.29) is 6.10 Å². The minimum absolute atomic E-state index is 0.101. The Morgan fingerprint density at radius 2 is 2.15 bits per heavy atom. The average molecular weight is 368 g/mol. The van der Waals surface area contributed by atoms with Crippen LogP contribution in [-0.2, 0) is 4.74 Å². The van der Waals surface area contributed by atoms with Gasteiger partial charge in [-0.25, -0.2) is 9.79 Å². The monoisotopic (exact) mass is 368 g/mol. The van der Waals surface area contributed by atoms with Crippen LogP contribution in [0.15, 0.2) is 46.9 Å². The van der Waals surface area contributed by atoms with Crippen molar-refractivity contribution in [2.75, 3.05) is 0 Å². The Morgan fingerprint density at radius 1 is 1.27 bits per heavy atom. The summed E-state index contributed by atoms with van der Waals surface area (Å²) in [5, 5.41) is 4.00. The molecule has 1 amide bonds. The van der Waals surface area contributed by atoms with Crippen LogP contribution in [0.1, 0.15) is 36.3 Å². The zero-order chi connectivity index (χ0) is 18.1. The van der Waals surface area contributed by atoms with E-state index in [4.69, 9.17) is 16.2 Å². The van der Waals surface area contributed by atoms with Gasteiger partial charge in [-0.2, -0.15) is 0 Å². The molecule has 0 aliphatic heterocycles. The van der Waals surface area contributed by atoms with E-state index >= 15 is 0 Å². The highest BCUT2D eigenvalue weighted by Crippen LogP contribution is 2.39. The van der Waals surface area contributed by atoms with Gasteiger partial charge in [0.1, 0.15) is 16.9 Å². The Balaban J connectivity index is 1.62. The minimum Gasteiger partial charge on any atom is -0.446 e. The van der Waals surface area contributed by atoms with Gasteiger partial charge in [-0.3, -0.25) is 0 Å². The number of fused-ring (bicyclic) bond motifs is 1. The van der Waals surface area contributed by atoms with E-state index in [0.717, 1.165) is 40.7 Å². The van der Waals surface area contributed by atoms with Crippen LogP contribution in [-0.4, -0.2) is 23.0 Å². The minimum atomic E-state index is -0.700. The van der Waals surface area contributed by atoms with Gasteiger partial charge >= 0.3 is 6.09 Å². The maximum absolute atomic E-state index is 11.0. The maximum Gasteiger partial charge on any atom is 0.404 e. The van der Waals surface area contributed by atoms with E-state index in [2.05, 4.69) is 16.0 Å². The topological polar surface area (TPSA) is 106 Å². The van der Waals surface area contributed by atoms with Gasteiger partial charge in [0.25, 0.3) is 0 Å². The van der Waals surface area contributed by atoms with Crippen LogP contribution in [0.2, 0.25) is 0 Å². The second-order valence-corrected chi connectivity index (χ2v) is 7.45. The molecule has 2 atom stereocenters. The first-order valence-electron chi connectivity index (χ1n) is 8.55. The largest absolute Gasteiger partial charge is 0.446 e. The summed E-state index contributed by atoms with van der Waals surface area (Å²) in [6, 6.07) is 9.97. The molecule has 5 N–H and O–H groups in total. The van der Waals surface area contributed by atoms with Gasteiger partial charge in [-0.05, 0) is 66.5 Å². The second kappa shape index (κ2) is 6.84. The fourth-order valence-corrected chi connectivity index (χ4v) is 4.25. The number of aromatic nitrogens is 1. The fourth-order valence-electron chi connectivity index (χ4n) is 3.65. The molecule has 0 saturated heterocycles. The van der Waals surface area contributed by atoms with Gasteiger partial charge in [-0.1, -0.05) is 0 Å². The Morgan fingerprint density at radius 3 is 2.92 bits per heavy atom. The highest BCUT2D eigenvalue weighted by atomic mass is 32.1. The number of thiophene rings is 1. The third kappa shape index (κ3) is 3.30. The number of rotatable bonds is 4. The highest BCUT2D eigenvalue weighted by Gasteiger charge is 2.29. The van der Waals surface area contributed by atoms with Crippen LogP contribution in [0.4, 0.5) is 9.80 Å². The standard InChI is InChI=1S/C19H20N4O2S/c20-18(23-17-2-1-7-26-17)12-4-6-16-14(9-12)15(10-22-16)11-3-5-13(8-11)25-19(21)24/h1-2,4,6-7,9-11,13,22H,3,5,8H2,(H2,20,23)(H2,21,24). The molecule has 1 saturated carbocycles. The van der Waals surface area contributed by atoms with Crippen LogP contribution < -0.4 is 11.5 Å². The number of benzene rings is 1. The Kier molecular flexibility index (Phi) is 4.38. The summed E-state index contributed by atoms with van der Waals surface area (Å²) in [7, 11) is 0. The van der Waals surface area contributed by atoms with Crippen molar-refractivity contribution in [1.29, 1.82) is 0 Å². The number of ether oxygens (including phenoxy) is 1. The first-order chi connectivity index (χ1) is 12.6. The van der Waals surface area contributed by atoms with Gasteiger partial charge in [0.2, 0.25) is 0 Å².